The fraction of sp³-hybridized carbons (Fsp3) is 0.500. The third-order valence-corrected chi connectivity index (χ3v) is 4.03. The van der Waals surface area contributed by atoms with Gasteiger partial charge in [-0.25, -0.2) is 8.78 Å². The normalized spacial score (nSPS) is 19.3. The molecule has 2 rings (SSSR count). The van der Waals surface area contributed by atoms with Gasteiger partial charge in [0, 0.05) is 33.2 Å². The maximum absolute atomic E-state index is 13.2. The van der Waals surface area contributed by atoms with Gasteiger partial charge in [0.05, 0.1) is 12.3 Å². The van der Waals surface area contributed by atoms with Crippen molar-refractivity contribution < 1.29 is 18.4 Å². The van der Waals surface area contributed by atoms with Crippen molar-refractivity contribution in [3.63, 3.8) is 0 Å². The number of amides is 2. The predicted octanol–water partition coefficient (Wildman–Crippen LogP) is 0.644. The van der Waals surface area contributed by atoms with E-state index in [9.17, 15) is 18.4 Å². The van der Waals surface area contributed by atoms with E-state index in [2.05, 4.69) is 5.32 Å². The van der Waals surface area contributed by atoms with Crippen molar-refractivity contribution in [1.29, 1.82) is 0 Å². The van der Waals surface area contributed by atoms with Gasteiger partial charge in [-0.3, -0.25) is 9.59 Å². The molecule has 1 aromatic carbocycles. The summed E-state index contributed by atoms with van der Waals surface area (Å²) in [5.74, 6) is -2.50. The van der Waals surface area contributed by atoms with Crippen LogP contribution in [-0.4, -0.2) is 61.9 Å². The first-order valence-electron chi connectivity index (χ1n) is 7.52. The zero-order valence-corrected chi connectivity index (χ0v) is 13.3. The number of carbonyl (C=O) groups is 2. The molecule has 1 N–H and O–H groups in total. The molecular formula is C16H21F2N3O2. The molecule has 1 fully saturated rings. The van der Waals surface area contributed by atoms with Crippen molar-refractivity contribution in [3.8, 4) is 0 Å². The lowest BCUT2D eigenvalue weighted by atomic mass is 10.1. The van der Waals surface area contributed by atoms with E-state index in [4.69, 9.17) is 0 Å². The van der Waals surface area contributed by atoms with Gasteiger partial charge < -0.3 is 15.1 Å². The molecule has 1 saturated heterocycles. The van der Waals surface area contributed by atoms with Crippen LogP contribution in [0.2, 0.25) is 0 Å². The summed E-state index contributed by atoms with van der Waals surface area (Å²) >= 11 is 0. The molecule has 1 aliphatic heterocycles. The van der Waals surface area contributed by atoms with Gasteiger partial charge in [0.2, 0.25) is 11.8 Å². The number of hydrogen-bond donors (Lipinski definition) is 1. The molecule has 0 radical (unpaired) electrons. The summed E-state index contributed by atoms with van der Waals surface area (Å²) in [5, 5.41) is 2.61. The Kier molecular flexibility index (Phi) is 5.65. The van der Waals surface area contributed by atoms with E-state index in [1.807, 2.05) is 11.9 Å². The zero-order valence-electron chi connectivity index (χ0n) is 13.3. The van der Waals surface area contributed by atoms with Crippen LogP contribution in [0, 0.1) is 17.6 Å². The van der Waals surface area contributed by atoms with E-state index in [-0.39, 0.29) is 24.2 Å². The number of benzene rings is 1. The number of nitrogens with one attached hydrogen (secondary N) is 1. The molecule has 7 heteroatoms. The Labute approximate surface area is 134 Å². The van der Waals surface area contributed by atoms with Crippen molar-refractivity contribution >= 4 is 11.8 Å². The summed E-state index contributed by atoms with van der Waals surface area (Å²) in [5.41, 5.74) is 0.419. The number of rotatable bonds is 3. The molecule has 0 saturated carbocycles. The smallest absolute Gasteiger partial charge is 0.227 e. The second-order valence-corrected chi connectivity index (χ2v) is 5.84. The Hall–Kier alpha value is -2.02. The van der Waals surface area contributed by atoms with E-state index in [0.717, 1.165) is 12.1 Å². The topological polar surface area (TPSA) is 52.7 Å². The summed E-state index contributed by atoms with van der Waals surface area (Å²) in [4.78, 5) is 28.0. The first-order chi connectivity index (χ1) is 10.9. The average molecular weight is 325 g/mol. The fourth-order valence-corrected chi connectivity index (χ4v) is 2.71. The minimum Gasteiger partial charge on any atom is -0.359 e. The molecule has 0 unspecified atom stereocenters. The summed E-state index contributed by atoms with van der Waals surface area (Å²) in [7, 11) is 3.47. The molecular weight excluding hydrogens is 304 g/mol. The summed E-state index contributed by atoms with van der Waals surface area (Å²) in [6.45, 7) is 2.07. The molecule has 0 aliphatic carbocycles. The van der Waals surface area contributed by atoms with Gasteiger partial charge in [0.1, 0.15) is 0 Å². The molecule has 126 valence electrons. The summed E-state index contributed by atoms with van der Waals surface area (Å²) < 4.78 is 26.2. The highest BCUT2D eigenvalue weighted by atomic mass is 19.2. The molecule has 0 aromatic heterocycles. The largest absolute Gasteiger partial charge is 0.359 e. The number of nitrogens with zero attached hydrogens (tertiary/aromatic N) is 2. The summed E-state index contributed by atoms with van der Waals surface area (Å²) in [6.07, 6.45) is -0.0125. The summed E-state index contributed by atoms with van der Waals surface area (Å²) in [6, 6.07) is 3.45. The highest BCUT2D eigenvalue weighted by Gasteiger charge is 2.28. The number of likely N-dealkylation sites (N-methyl/N-ethyl adjacent to an activating group) is 1. The van der Waals surface area contributed by atoms with Crippen molar-refractivity contribution in [2.24, 2.45) is 5.92 Å². The molecule has 1 aliphatic rings. The van der Waals surface area contributed by atoms with Crippen LogP contribution in [-0.2, 0) is 16.0 Å². The number of carbonyl (C=O) groups excluding carboxylic acids is 2. The van der Waals surface area contributed by atoms with Crippen LogP contribution in [0.3, 0.4) is 0 Å². The van der Waals surface area contributed by atoms with Crippen LogP contribution in [0.1, 0.15) is 5.56 Å². The zero-order chi connectivity index (χ0) is 17.0. The van der Waals surface area contributed by atoms with Crippen molar-refractivity contribution in [2.75, 3.05) is 40.3 Å². The SMILES string of the molecule is CNC(=O)[C@@H]1CN(C)CCN(C(=O)Cc2ccc(F)c(F)c2)C1. The Morgan fingerprint density at radius 1 is 1.22 bits per heavy atom. The number of halogens is 2. The van der Waals surface area contributed by atoms with Crippen LogP contribution in [0.15, 0.2) is 18.2 Å². The molecule has 5 nitrogen and oxygen atoms in total. The van der Waals surface area contributed by atoms with Crippen LogP contribution in [0.4, 0.5) is 8.78 Å². The van der Waals surface area contributed by atoms with Gasteiger partial charge in [-0.15, -0.1) is 0 Å². The highest BCUT2D eigenvalue weighted by Crippen LogP contribution is 2.13. The third kappa shape index (κ3) is 4.48. The van der Waals surface area contributed by atoms with E-state index >= 15 is 0 Å². The van der Waals surface area contributed by atoms with Crippen molar-refractivity contribution in [2.45, 2.75) is 6.42 Å². The van der Waals surface area contributed by atoms with Gasteiger partial charge in [-0.1, -0.05) is 6.07 Å². The van der Waals surface area contributed by atoms with E-state index in [0.29, 0.717) is 31.7 Å². The molecule has 0 bridgehead atoms. The van der Waals surface area contributed by atoms with Crippen molar-refractivity contribution in [3.05, 3.63) is 35.4 Å². The van der Waals surface area contributed by atoms with Gasteiger partial charge in [0.15, 0.2) is 11.6 Å². The Bertz CT molecular complexity index is 595. The minimum absolute atomic E-state index is 0.0125. The van der Waals surface area contributed by atoms with Crippen LogP contribution in [0.5, 0.6) is 0 Å². The first-order valence-corrected chi connectivity index (χ1v) is 7.52. The average Bonchev–Trinajstić information content (AvgIpc) is 2.72. The van der Waals surface area contributed by atoms with Gasteiger partial charge in [0.25, 0.3) is 0 Å². The first kappa shape index (κ1) is 17.3. The fourth-order valence-electron chi connectivity index (χ4n) is 2.71. The molecule has 1 heterocycles. The van der Waals surface area contributed by atoms with Crippen LogP contribution >= 0.6 is 0 Å². The van der Waals surface area contributed by atoms with E-state index in [1.165, 1.54) is 6.07 Å². The second kappa shape index (κ2) is 7.50. The highest BCUT2D eigenvalue weighted by molar-refractivity contribution is 5.82. The molecule has 1 atom stereocenters. The van der Waals surface area contributed by atoms with Gasteiger partial charge >= 0.3 is 0 Å². The van der Waals surface area contributed by atoms with Gasteiger partial charge in [-0.2, -0.15) is 0 Å². The Morgan fingerprint density at radius 3 is 2.61 bits per heavy atom. The van der Waals surface area contributed by atoms with Crippen LogP contribution < -0.4 is 5.32 Å². The molecule has 23 heavy (non-hydrogen) atoms. The molecule has 0 spiro atoms. The van der Waals surface area contributed by atoms with E-state index < -0.39 is 11.6 Å². The predicted molar refractivity (Wildman–Crippen MR) is 81.7 cm³/mol. The maximum Gasteiger partial charge on any atom is 0.227 e. The maximum atomic E-state index is 13.2. The number of hydrogen-bond acceptors (Lipinski definition) is 3. The lowest BCUT2D eigenvalue weighted by Gasteiger charge is -2.23. The lowest BCUT2D eigenvalue weighted by Crippen LogP contribution is -2.41. The molecule has 1 aromatic rings. The van der Waals surface area contributed by atoms with Gasteiger partial charge in [-0.05, 0) is 24.7 Å². The molecule has 2 amide bonds. The monoisotopic (exact) mass is 325 g/mol. The quantitative estimate of drug-likeness (QED) is 0.887. The van der Waals surface area contributed by atoms with E-state index in [1.54, 1.807) is 11.9 Å². The standard InChI is InChI=1S/C16H21F2N3O2/c1-19-16(23)12-9-20(2)5-6-21(10-12)15(22)8-11-3-4-13(17)14(18)7-11/h3-4,7,12H,5-6,8-10H2,1-2H3,(H,19,23)/t12-/m1/s1. The second-order valence-electron chi connectivity index (χ2n) is 5.84. The Balaban J connectivity index is 2.07. The lowest BCUT2D eigenvalue weighted by molar-refractivity contribution is -0.132. The third-order valence-electron chi connectivity index (χ3n) is 4.03. The Morgan fingerprint density at radius 2 is 1.96 bits per heavy atom. The minimum atomic E-state index is -0.964. The van der Waals surface area contributed by atoms with Crippen LogP contribution in [0.25, 0.3) is 0 Å². The van der Waals surface area contributed by atoms with Crippen molar-refractivity contribution in [1.82, 2.24) is 15.1 Å².